The Bertz CT molecular complexity index is 386. The van der Waals surface area contributed by atoms with Gasteiger partial charge in [-0.3, -0.25) is 10.1 Å². The van der Waals surface area contributed by atoms with Crippen molar-refractivity contribution in [3.63, 3.8) is 0 Å². The van der Waals surface area contributed by atoms with E-state index in [1.165, 1.54) is 0 Å². The summed E-state index contributed by atoms with van der Waals surface area (Å²) in [6, 6.07) is 0.316. The minimum absolute atomic E-state index is 0.316. The standard InChI is InChI=1S/C6H2ClF3N2O2/c7-5-3(12(13)14)1-2(8)4(11-5)6(9)10/h1,6H. The molecule has 8 heteroatoms. The predicted molar refractivity (Wildman–Crippen MR) is 40.8 cm³/mol. The van der Waals surface area contributed by atoms with Crippen molar-refractivity contribution in [3.05, 3.63) is 32.8 Å². The fraction of sp³-hybridized carbons (Fsp3) is 0.167. The quantitative estimate of drug-likeness (QED) is 0.443. The Morgan fingerprint density at radius 2 is 2.14 bits per heavy atom. The molecule has 4 nitrogen and oxygen atoms in total. The molecule has 0 aromatic carbocycles. The lowest BCUT2D eigenvalue weighted by Crippen LogP contribution is -2.00. The van der Waals surface area contributed by atoms with Crippen LogP contribution in [0.5, 0.6) is 0 Å². The molecule has 0 aliphatic rings. The summed E-state index contributed by atoms with van der Waals surface area (Å²) in [4.78, 5) is 12.1. The summed E-state index contributed by atoms with van der Waals surface area (Å²) in [5.74, 6) is -1.45. The van der Waals surface area contributed by atoms with E-state index in [9.17, 15) is 23.3 Å². The molecule has 0 saturated heterocycles. The van der Waals surface area contributed by atoms with Crippen LogP contribution in [0.25, 0.3) is 0 Å². The van der Waals surface area contributed by atoms with Crippen molar-refractivity contribution < 1.29 is 18.1 Å². The Morgan fingerprint density at radius 1 is 1.57 bits per heavy atom. The zero-order chi connectivity index (χ0) is 10.9. The number of hydrogen-bond donors (Lipinski definition) is 0. The lowest BCUT2D eigenvalue weighted by molar-refractivity contribution is -0.385. The first-order chi connectivity index (χ1) is 6.43. The van der Waals surface area contributed by atoms with E-state index >= 15 is 0 Å². The Labute approximate surface area is 80.5 Å². The van der Waals surface area contributed by atoms with Crippen molar-refractivity contribution in [2.45, 2.75) is 6.43 Å². The van der Waals surface area contributed by atoms with Gasteiger partial charge in [0.2, 0.25) is 5.15 Å². The first-order valence-corrected chi connectivity index (χ1v) is 3.59. The molecule has 1 heterocycles. The smallest absolute Gasteiger partial charge is 0.258 e. The van der Waals surface area contributed by atoms with E-state index in [4.69, 9.17) is 11.6 Å². The summed E-state index contributed by atoms with van der Waals surface area (Å²) < 4.78 is 36.8. The molecule has 14 heavy (non-hydrogen) atoms. The Morgan fingerprint density at radius 3 is 2.57 bits per heavy atom. The minimum atomic E-state index is -3.16. The number of halogens is 4. The van der Waals surface area contributed by atoms with Crippen molar-refractivity contribution in [2.75, 3.05) is 0 Å². The number of pyridine rings is 1. The topological polar surface area (TPSA) is 56.0 Å². The van der Waals surface area contributed by atoms with Crippen LogP contribution in [0.3, 0.4) is 0 Å². The van der Waals surface area contributed by atoms with E-state index in [1.807, 2.05) is 0 Å². The van der Waals surface area contributed by atoms with E-state index in [-0.39, 0.29) is 0 Å². The highest BCUT2D eigenvalue weighted by Crippen LogP contribution is 2.28. The van der Waals surface area contributed by atoms with Crippen molar-refractivity contribution in [2.24, 2.45) is 0 Å². The van der Waals surface area contributed by atoms with Gasteiger partial charge >= 0.3 is 5.69 Å². The maximum atomic E-state index is 12.7. The van der Waals surface area contributed by atoms with Crippen LogP contribution >= 0.6 is 11.6 Å². The van der Waals surface area contributed by atoms with Crippen molar-refractivity contribution in [1.29, 1.82) is 0 Å². The SMILES string of the molecule is O=[N+]([O-])c1cc(F)c(C(F)F)nc1Cl. The highest BCUT2D eigenvalue weighted by Gasteiger charge is 2.23. The normalized spacial score (nSPS) is 10.6. The van der Waals surface area contributed by atoms with Gasteiger partial charge in [-0.25, -0.2) is 18.2 Å². The summed E-state index contributed by atoms with van der Waals surface area (Å²) in [5, 5.41) is 9.42. The number of hydrogen-bond acceptors (Lipinski definition) is 3. The average molecular weight is 227 g/mol. The second-order valence-corrected chi connectivity index (χ2v) is 2.58. The van der Waals surface area contributed by atoms with E-state index in [1.54, 1.807) is 0 Å². The molecule has 0 amide bonds. The summed E-state index contributed by atoms with van der Waals surface area (Å²) in [5.41, 5.74) is -2.03. The highest BCUT2D eigenvalue weighted by atomic mass is 35.5. The lowest BCUT2D eigenvalue weighted by Gasteiger charge is -2.01. The zero-order valence-corrected chi connectivity index (χ0v) is 7.13. The first kappa shape index (κ1) is 10.7. The maximum Gasteiger partial charge on any atom is 0.309 e. The van der Waals surface area contributed by atoms with Crippen LogP contribution in [0.2, 0.25) is 5.15 Å². The number of rotatable bonds is 2. The molecule has 1 aromatic rings. The van der Waals surface area contributed by atoms with Crippen LogP contribution in [-0.2, 0) is 0 Å². The average Bonchev–Trinajstić information content (AvgIpc) is 2.07. The fourth-order valence-electron chi connectivity index (χ4n) is 0.751. The molecular weight excluding hydrogens is 225 g/mol. The van der Waals surface area contributed by atoms with Crippen LogP contribution < -0.4 is 0 Å². The number of nitrogens with zero attached hydrogens (tertiary/aromatic N) is 2. The van der Waals surface area contributed by atoms with E-state index < -0.39 is 33.7 Å². The Balaban J connectivity index is 3.31. The summed E-state index contributed by atoms with van der Waals surface area (Å²) in [6.07, 6.45) is -3.16. The van der Waals surface area contributed by atoms with E-state index in [0.29, 0.717) is 6.07 Å². The van der Waals surface area contributed by atoms with Gasteiger partial charge in [0.25, 0.3) is 6.43 Å². The first-order valence-electron chi connectivity index (χ1n) is 3.22. The van der Waals surface area contributed by atoms with E-state index in [0.717, 1.165) is 0 Å². The van der Waals surface area contributed by atoms with Gasteiger partial charge in [-0.1, -0.05) is 11.6 Å². The Hall–Kier alpha value is -1.37. The molecule has 1 aromatic heterocycles. The minimum Gasteiger partial charge on any atom is -0.258 e. The van der Waals surface area contributed by atoms with Crippen molar-refractivity contribution in [3.8, 4) is 0 Å². The summed E-state index contributed by atoms with van der Waals surface area (Å²) in [7, 11) is 0. The molecule has 0 fully saturated rings. The monoisotopic (exact) mass is 226 g/mol. The third-order valence-corrected chi connectivity index (χ3v) is 1.62. The van der Waals surface area contributed by atoms with Gasteiger partial charge in [0.05, 0.1) is 11.0 Å². The molecule has 0 spiro atoms. The van der Waals surface area contributed by atoms with Crippen LogP contribution in [-0.4, -0.2) is 9.91 Å². The third-order valence-electron chi connectivity index (χ3n) is 1.34. The molecule has 0 unspecified atom stereocenters. The van der Waals surface area contributed by atoms with Gasteiger partial charge in [0.15, 0.2) is 5.82 Å². The van der Waals surface area contributed by atoms with Gasteiger partial charge < -0.3 is 0 Å². The molecule has 0 radical (unpaired) electrons. The lowest BCUT2D eigenvalue weighted by atomic mass is 10.3. The predicted octanol–water partition coefficient (Wildman–Crippen LogP) is 2.72. The largest absolute Gasteiger partial charge is 0.309 e. The number of aromatic nitrogens is 1. The zero-order valence-electron chi connectivity index (χ0n) is 6.38. The molecule has 0 saturated carbocycles. The summed E-state index contributed by atoms with van der Waals surface area (Å²) >= 11 is 5.19. The van der Waals surface area contributed by atoms with Gasteiger partial charge in [0.1, 0.15) is 5.69 Å². The molecule has 0 aliphatic heterocycles. The van der Waals surface area contributed by atoms with Crippen LogP contribution in [0.4, 0.5) is 18.9 Å². The van der Waals surface area contributed by atoms with Crippen molar-refractivity contribution in [1.82, 2.24) is 4.98 Å². The molecule has 0 atom stereocenters. The molecule has 0 aliphatic carbocycles. The molecular formula is C6H2ClF3N2O2. The van der Waals surface area contributed by atoms with Crippen LogP contribution in [0.1, 0.15) is 12.1 Å². The van der Waals surface area contributed by atoms with Crippen molar-refractivity contribution >= 4 is 17.3 Å². The van der Waals surface area contributed by atoms with Gasteiger partial charge in [-0.2, -0.15) is 0 Å². The maximum absolute atomic E-state index is 12.7. The van der Waals surface area contributed by atoms with Gasteiger partial charge in [0, 0.05) is 0 Å². The second-order valence-electron chi connectivity index (χ2n) is 2.22. The molecule has 1 rings (SSSR count). The van der Waals surface area contributed by atoms with Crippen LogP contribution in [0.15, 0.2) is 6.07 Å². The third kappa shape index (κ3) is 1.92. The van der Waals surface area contributed by atoms with Crippen LogP contribution in [0, 0.1) is 15.9 Å². The number of nitro groups is 1. The molecule has 0 bridgehead atoms. The van der Waals surface area contributed by atoms with Gasteiger partial charge in [-0.15, -0.1) is 0 Å². The van der Waals surface area contributed by atoms with E-state index in [2.05, 4.69) is 4.98 Å². The fourth-order valence-corrected chi connectivity index (χ4v) is 0.966. The Kier molecular flexibility index (Phi) is 2.90. The highest BCUT2D eigenvalue weighted by molar-refractivity contribution is 6.31. The molecule has 76 valence electrons. The summed E-state index contributed by atoms with van der Waals surface area (Å²) in [6.45, 7) is 0. The molecule has 0 N–H and O–H groups in total. The number of alkyl halides is 2. The second kappa shape index (κ2) is 3.79. The van der Waals surface area contributed by atoms with Gasteiger partial charge in [-0.05, 0) is 0 Å².